The molecule has 0 spiro atoms. The van der Waals surface area contributed by atoms with Crippen molar-refractivity contribution in [2.24, 2.45) is 0 Å². The Labute approximate surface area is 85.3 Å². The van der Waals surface area contributed by atoms with Gasteiger partial charge in [0.05, 0.1) is 0 Å². The van der Waals surface area contributed by atoms with Crippen molar-refractivity contribution in [2.45, 2.75) is 26.7 Å². The van der Waals surface area contributed by atoms with Crippen LogP contribution in [0.3, 0.4) is 0 Å². The van der Waals surface area contributed by atoms with Gasteiger partial charge in [0.15, 0.2) is 0 Å². The molecule has 0 aromatic carbocycles. The fraction of sp³-hybridized carbons (Fsp3) is 0.500. The third-order valence-electron chi connectivity index (χ3n) is 1.53. The Bertz CT molecular complexity index is 161. The van der Waals surface area contributed by atoms with Crippen molar-refractivity contribution in [3.8, 4) is 0 Å². The molecule has 1 aliphatic rings. The summed E-state index contributed by atoms with van der Waals surface area (Å²) < 4.78 is 0. The first kappa shape index (κ1) is 11.8. The van der Waals surface area contributed by atoms with Crippen molar-refractivity contribution in [2.75, 3.05) is 0 Å². The fourth-order valence-electron chi connectivity index (χ4n) is 0.973. The molecule has 0 saturated carbocycles. The molecule has 0 heterocycles. The predicted molar refractivity (Wildman–Crippen MR) is 48.5 cm³/mol. The Morgan fingerprint density at radius 2 is 2.09 bits per heavy atom. The van der Waals surface area contributed by atoms with Crippen LogP contribution in [-0.4, -0.2) is 0 Å². The summed E-state index contributed by atoms with van der Waals surface area (Å²) in [6.07, 6.45) is 6.95. The van der Waals surface area contributed by atoms with Crippen molar-refractivity contribution in [1.29, 1.82) is 0 Å². The molecule has 62 valence electrons. The summed E-state index contributed by atoms with van der Waals surface area (Å²) in [4.78, 5) is 0. The van der Waals surface area contributed by atoms with Gasteiger partial charge in [0.1, 0.15) is 0 Å². The summed E-state index contributed by atoms with van der Waals surface area (Å²) in [6.45, 7) is 4.38. The van der Waals surface area contributed by atoms with E-state index in [0.29, 0.717) is 0 Å². The number of rotatable bonds is 1. The normalized spacial score (nSPS) is 14.5. The second-order valence-corrected chi connectivity index (χ2v) is 4.98. The van der Waals surface area contributed by atoms with E-state index in [-0.39, 0.29) is 0 Å². The van der Waals surface area contributed by atoms with E-state index in [1.807, 2.05) is 0 Å². The zero-order valence-electron chi connectivity index (χ0n) is 6.82. The van der Waals surface area contributed by atoms with E-state index in [4.69, 9.17) is 18.6 Å². The van der Waals surface area contributed by atoms with E-state index in [0.717, 1.165) is 0 Å². The maximum absolute atomic E-state index is 4.89. The number of halogens is 2. The van der Waals surface area contributed by atoms with Gasteiger partial charge in [0.25, 0.3) is 0 Å². The molecule has 1 aliphatic carbocycles. The van der Waals surface area contributed by atoms with Gasteiger partial charge in [-0.15, -0.1) is 0 Å². The first-order valence-electron chi connectivity index (χ1n) is 3.57. The van der Waals surface area contributed by atoms with E-state index in [1.54, 1.807) is 0 Å². The summed E-state index contributed by atoms with van der Waals surface area (Å²) in [5.41, 5.74) is 3.00. The minimum absolute atomic E-state index is 0.556. The Hall–Kier alpha value is 0.774. The molecule has 3 heteroatoms. The van der Waals surface area contributed by atoms with Gasteiger partial charge in [-0.05, 0) is 19.8 Å². The standard InChI is InChI=1S/C8H12.2ClH.Ti/c1-3-8-5-4-7(2)6-8;;;/h5-6H,3-4H2,1-2H3;2*1H;/q;;;+2/p-2. The molecule has 0 aromatic heterocycles. The van der Waals surface area contributed by atoms with Crippen LogP contribution in [-0.2, 0) is 17.0 Å². The van der Waals surface area contributed by atoms with Crippen LogP contribution < -0.4 is 0 Å². The van der Waals surface area contributed by atoms with Crippen LogP contribution in [0.15, 0.2) is 23.3 Å². The van der Waals surface area contributed by atoms with Crippen molar-refractivity contribution in [3.63, 3.8) is 0 Å². The van der Waals surface area contributed by atoms with Gasteiger partial charge in [-0.1, -0.05) is 30.2 Å². The predicted octanol–water partition coefficient (Wildman–Crippen LogP) is 4.05. The minimum atomic E-state index is -0.556. The summed E-state index contributed by atoms with van der Waals surface area (Å²) in [5, 5.41) is 0. The van der Waals surface area contributed by atoms with Crippen molar-refractivity contribution in [1.82, 2.24) is 0 Å². The Balaban J connectivity index is 0.000000292. The molecule has 0 aromatic rings. The zero-order chi connectivity index (χ0) is 8.69. The molecular weight excluding hydrogens is 215 g/mol. The van der Waals surface area contributed by atoms with Crippen LogP contribution in [0, 0.1) is 0 Å². The molecule has 1 rings (SSSR count). The van der Waals surface area contributed by atoms with Gasteiger partial charge in [-0.3, -0.25) is 0 Å². The van der Waals surface area contributed by atoms with Gasteiger partial charge in [-0.25, -0.2) is 0 Å². The monoisotopic (exact) mass is 226 g/mol. The van der Waals surface area contributed by atoms with Gasteiger partial charge >= 0.3 is 35.6 Å². The van der Waals surface area contributed by atoms with E-state index in [9.17, 15) is 0 Å². The van der Waals surface area contributed by atoms with Gasteiger partial charge < -0.3 is 0 Å². The molecule has 0 N–H and O–H groups in total. The summed E-state index contributed by atoms with van der Waals surface area (Å²) >= 11 is -0.556. The first-order valence-corrected chi connectivity index (χ1v) is 7.86. The van der Waals surface area contributed by atoms with Crippen molar-refractivity contribution >= 4 is 18.6 Å². The van der Waals surface area contributed by atoms with E-state index < -0.39 is 17.0 Å². The number of hydrogen-bond donors (Lipinski definition) is 0. The molecule has 0 bridgehead atoms. The Morgan fingerprint density at radius 1 is 1.55 bits per heavy atom. The van der Waals surface area contributed by atoms with E-state index >= 15 is 0 Å². The second kappa shape index (κ2) is 7.42. The quantitative estimate of drug-likeness (QED) is 0.592. The summed E-state index contributed by atoms with van der Waals surface area (Å²) in [7, 11) is 9.78. The van der Waals surface area contributed by atoms with Crippen LogP contribution in [0.25, 0.3) is 0 Å². The molecule has 0 atom stereocenters. The first-order chi connectivity index (χ1) is 5.24. The fourth-order valence-corrected chi connectivity index (χ4v) is 0.973. The molecule has 0 saturated heterocycles. The third kappa shape index (κ3) is 5.98. The number of hydrogen-bond acceptors (Lipinski definition) is 0. The van der Waals surface area contributed by atoms with Crippen LogP contribution in [0.5, 0.6) is 0 Å². The maximum atomic E-state index is 4.89. The topological polar surface area (TPSA) is 0 Å². The van der Waals surface area contributed by atoms with E-state index in [2.05, 4.69) is 26.0 Å². The summed E-state index contributed by atoms with van der Waals surface area (Å²) in [6, 6.07) is 0. The second-order valence-electron chi connectivity index (χ2n) is 2.40. The van der Waals surface area contributed by atoms with Crippen LogP contribution in [0.1, 0.15) is 26.7 Å². The molecule has 0 radical (unpaired) electrons. The Kier molecular flexibility index (Phi) is 7.95. The molecule has 0 aliphatic heterocycles. The van der Waals surface area contributed by atoms with Gasteiger partial charge in [0.2, 0.25) is 0 Å². The van der Waals surface area contributed by atoms with Gasteiger partial charge in [0, 0.05) is 0 Å². The van der Waals surface area contributed by atoms with Crippen LogP contribution >= 0.6 is 18.6 Å². The molecule has 11 heavy (non-hydrogen) atoms. The molecular formula is C8H12Cl2Ti. The molecule has 0 amide bonds. The third-order valence-corrected chi connectivity index (χ3v) is 1.53. The number of allylic oxidation sites excluding steroid dienone is 4. The average Bonchev–Trinajstić information content (AvgIpc) is 2.37. The van der Waals surface area contributed by atoms with Crippen LogP contribution in [0.2, 0.25) is 0 Å². The SMILES string of the molecule is CCC1=CCC(C)=C1.[Cl][Ti][Cl]. The van der Waals surface area contributed by atoms with Gasteiger partial charge in [-0.2, -0.15) is 0 Å². The molecule has 0 nitrogen and oxygen atoms in total. The Morgan fingerprint density at radius 3 is 2.27 bits per heavy atom. The average molecular weight is 227 g/mol. The molecule has 0 unspecified atom stereocenters. The zero-order valence-corrected chi connectivity index (χ0v) is 9.90. The van der Waals surface area contributed by atoms with Crippen molar-refractivity contribution < 1.29 is 17.0 Å². The summed E-state index contributed by atoms with van der Waals surface area (Å²) in [5.74, 6) is 0. The molecule has 0 fully saturated rings. The van der Waals surface area contributed by atoms with Crippen molar-refractivity contribution in [3.05, 3.63) is 23.3 Å². The van der Waals surface area contributed by atoms with Crippen LogP contribution in [0.4, 0.5) is 0 Å². The van der Waals surface area contributed by atoms with E-state index in [1.165, 1.54) is 24.0 Å².